The molecule has 0 spiro atoms. The molecule has 4 aliphatic rings. The molecule has 0 radical (unpaired) electrons. The van der Waals surface area contributed by atoms with Gasteiger partial charge in [0, 0.05) is 12.8 Å². The Morgan fingerprint density at radius 3 is 2.04 bits per heavy atom. The van der Waals surface area contributed by atoms with E-state index in [1.54, 1.807) is 5.57 Å². The minimum absolute atomic E-state index is 0.0591. The standard InChI is InChI=1S/C39H68O2.C10H20/c1-7-8-9-10-11-12-13-14-15-19-37(40)41-32-24-26-38(5)31(28-32)20-21-33-35-23-22-34(30(4)18-16-17-29(2)3)39(35,6)27-25-36(33)38;1-3-5-7-9-10-8-6-4-2/h20,29-30,32-36H,7-19,21-28H2,1-6H3;3H,1,4-10H2,2H3/t30-,32+,33+,34-,35+,36+,38+,39-;/m1./s1. The molecule has 4 aliphatic carbocycles. The van der Waals surface area contributed by atoms with Crippen molar-refractivity contribution in [3.63, 3.8) is 0 Å². The first-order chi connectivity index (χ1) is 24.6. The molecule has 0 N–H and O–H groups in total. The van der Waals surface area contributed by atoms with Gasteiger partial charge in [-0.15, -0.1) is 6.58 Å². The maximum atomic E-state index is 12.7. The molecule has 0 aromatic carbocycles. The molecule has 0 bridgehead atoms. The number of hydrogen-bond donors (Lipinski definition) is 0. The van der Waals surface area contributed by atoms with E-state index in [1.807, 2.05) is 6.08 Å². The lowest BCUT2D eigenvalue weighted by Crippen LogP contribution is -2.51. The van der Waals surface area contributed by atoms with Crippen LogP contribution >= 0.6 is 0 Å². The summed E-state index contributed by atoms with van der Waals surface area (Å²) in [5, 5.41) is 0. The first kappa shape index (κ1) is 44.3. The van der Waals surface area contributed by atoms with Gasteiger partial charge in [-0.05, 0) is 111 Å². The van der Waals surface area contributed by atoms with Crippen molar-refractivity contribution in [3.8, 4) is 0 Å². The fourth-order valence-electron chi connectivity index (χ4n) is 11.6. The molecule has 0 heterocycles. The molecule has 0 saturated heterocycles. The van der Waals surface area contributed by atoms with Gasteiger partial charge < -0.3 is 4.74 Å². The highest BCUT2D eigenvalue weighted by Crippen LogP contribution is 2.67. The number of carbonyl (C=O) groups excluding carboxylic acids is 1. The smallest absolute Gasteiger partial charge is 0.306 e. The average molecular weight is 709 g/mol. The molecule has 51 heavy (non-hydrogen) atoms. The summed E-state index contributed by atoms with van der Waals surface area (Å²) in [5.41, 5.74) is 2.54. The number of esters is 1. The lowest BCUT2D eigenvalue weighted by Gasteiger charge is -2.58. The normalized spacial score (nSPS) is 30.4. The molecule has 0 aromatic heterocycles. The Hall–Kier alpha value is -1.05. The summed E-state index contributed by atoms with van der Waals surface area (Å²) < 4.78 is 6.09. The van der Waals surface area contributed by atoms with E-state index >= 15 is 0 Å². The van der Waals surface area contributed by atoms with Crippen molar-refractivity contribution < 1.29 is 9.53 Å². The number of hydrogen-bond acceptors (Lipinski definition) is 2. The van der Waals surface area contributed by atoms with E-state index < -0.39 is 0 Å². The van der Waals surface area contributed by atoms with Gasteiger partial charge in [-0.1, -0.05) is 169 Å². The zero-order chi connectivity index (χ0) is 37.1. The Bertz CT molecular complexity index is 994. The van der Waals surface area contributed by atoms with Crippen LogP contribution in [0.4, 0.5) is 0 Å². The Balaban J connectivity index is 0.000000612. The molecule has 8 atom stereocenters. The van der Waals surface area contributed by atoms with E-state index in [0.717, 1.165) is 54.8 Å². The molecule has 3 fully saturated rings. The van der Waals surface area contributed by atoms with E-state index in [4.69, 9.17) is 4.74 Å². The molecule has 296 valence electrons. The largest absolute Gasteiger partial charge is 0.462 e. The second-order valence-corrected chi connectivity index (χ2v) is 19.1. The second kappa shape index (κ2) is 23.7. The van der Waals surface area contributed by atoms with Gasteiger partial charge in [-0.3, -0.25) is 4.79 Å². The van der Waals surface area contributed by atoms with Gasteiger partial charge in [0.1, 0.15) is 6.10 Å². The van der Waals surface area contributed by atoms with Crippen LogP contribution in [-0.4, -0.2) is 12.1 Å². The zero-order valence-corrected chi connectivity index (χ0v) is 35.5. The van der Waals surface area contributed by atoms with Crippen molar-refractivity contribution in [2.24, 2.45) is 46.3 Å². The predicted octanol–water partition coefficient (Wildman–Crippen LogP) is 15.8. The Morgan fingerprint density at radius 1 is 0.784 bits per heavy atom. The lowest BCUT2D eigenvalue weighted by molar-refractivity contribution is -0.151. The molecular weight excluding hydrogens is 621 g/mol. The van der Waals surface area contributed by atoms with Crippen LogP contribution in [0.2, 0.25) is 0 Å². The molecular formula is C49H88O2. The first-order valence-corrected chi connectivity index (χ1v) is 23.1. The quantitative estimate of drug-likeness (QED) is 0.0600. The summed E-state index contributed by atoms with van der Waals surface area (Å²) in [7, 11) is 0. The molecule has 0 aliphatic heterocycles. The molecule has 3 saturated carbocycles. The van der Waals surface area contributed by atoms with Gasteiger partial charge in [-0.2, -0.15) is 0 Å². The number of allylic oxidation sites excluding steroid dienone is 2. The SMILES string of the molecule is C=CCCCCCCCC.CCCCCCCCCCCC(=O)O[C@H]1CC[C@@]2(C)C(=CC[C@H]3[C@@H]4CC[C@H]([C@H](C)CCCC(C)C)[C@@]4(C)CC[C@@H]32)C1. The third-order valence-electron chi connectivity index (χ3n) is 14.8. The molecule has 0 unspecified atom stereocenters. The Morgan fingerprint density at radius 2 is 1.41 bits per heavy atom. The highest BCUT2D eigenvalue weighted by Gasteiger charge is 2.59. The van der Waals surface area contributed by atoms with Crippen molar-refractivity contribution in [2.45, 2.75) is 234 Å². The van der Waals surface area contributed by atoms with Gasteiger partial charge in [0.2, 0.25) is 0 Å². The zero-order valence-electron chi connectivity index (χ0n) is 35.5. The first-order valence-electron chi connectivity index (χ1n) is 23.1. The van der Waals surface area contributed by atoms with Crippen molar-refractivity contribution >= 4 is 5.97 Å². The Kier molecular flexibility index (Phi) is 20.6. The van der Waals surface area contributed by atoms with Crippen LogP contribution in [0.3, 0.4) is 0 Å². The highest BCUT2D eigenvalue weighted by molar-refractivity contribution is 5.69. The van der Waals surface area contributed by atoms with E-state index in [1.165, 1.54) is 154 Å². The van der Waals surface area contributed by atoms with Gasteiger partial charge in [-0.25, -0.2) is 0 Å². The van der Waals surface area contributed by atoms with Crippen LogP contribution in [0.25, 0.3) is 0 Å². The van der Waals surface area contributed by atoms with Crippen molar-refractivity contribution in [2.75, 3.05) is 0 Å². The van der Waals surface area contributed by atoms with Gasteiger partial charge in [0.25, 0.3) is 0 Å². The number of unbranched alkanes of at least 4 members (excludes halogenated alkanes) is 14. The summed E-state index contributed by atoms with van der Waals surface area (Å²) in [6.07, 6.45) is 41.1. The summed E-state index contributed by atoms with van der Waals surface area (Å²) >= 11 is 0. The monoisotopic (exact) mass is 709 g/mol. The summed E-state index contributed by atoms with van der Waals surface area (Å²) in [6, 6.07) is 0. The van der Waals surface area contributed by atoms with Crippen molar-refractivity contribution in [3.05, 3.63) is 24.3 Å². The second-order valence-electron chi connectivity index (χ2n) is 19.1. The maximum absolute atomic E-state index is 12.7. The summed E-state index contributed by atoms with van der Waals surface area (Å²) in [6.45, 7) is 20.9. The number of rotatable bonds is 23. The fraction of sp³-hybridized carbons (Fsp3) is 0.898. The molecule has 4 rings (SSSR count). The van der Waals surface area contributed by atoms with E-state index in [0.29, 0.717) is 17.3 Å². The van der Waals surface area contributed by atoms with Crippen LogP contribution < -0.4 is 0 Å². The van der Waals surface area contributed by atoms with Gasteiger partial charge >= 0.3 is 5.97 Å². The third kappa shape index (κ3) is 13.6. The summed E-state index contributed by atoms with van der Waals surface area (Å²) in [5.74, 6) is 5.34. The minimum Gasteiger partial charge on any atom is -0.462 e. The number of ether oxygens (including phenoxy) is 1. The number of carbonyl (C=O) groups is 1. The number of fused-ring (bicyclic) bond motifs is 5. The summed E-state index contributed by atoms with van der Waals surface area (Å²) in [4.78, 5) is 12.7. The van der Waals surface area contributed by atoms with E-state index in [9.17, 15) is 4.79 Å². The van der Waals surface area contributed by atoms with Gasteiger partial charge in [0.15, 0.2) is 0 Å². The van der Waals surface area contributed by atoms with Crippen LogP contribution in [0.15, 0.2) is 24.3 Å². The molecule has 2 heteroatoms. The average Bonchev–Trinajstić information content (AvgIpc) is 3.46. The minimum atomic E-state index is 0.0591. The van der Waals surface area contributed by atoms with Crippen LogP contribution in [0.1, 0.15) is 228 Å². The fourth-order valence-corrected chi connectivity index (χ4v) is 11.6. The van der Waals surface area contributed by atoms with E-state index in [-0.39, 0.29) is 12.1 Å². The third-order valence-corrected chi connectivity index (χ3v) is 14.8. The highest BCUT2D eigenvalue weighted by atomic mass is 16.5. The van der Waals surface area contributed by atoms with Crippen LogP contribution in [0, 0.1) is 46.3 Å². The predicted molar refractivity (Wildman–Crippen MR) is 223 cm³/mol. The van der Waals surface area contributed by atoms with E-state index in [2.05, 4.69) is 61.1 Å². The molecule has 0 aromatic rings. The topological polar surface area (TPSA) is 26.3 Å². The van der Waals surface area contributed by atoms with Gasteiger partial charge in [0.05, 0.1) is 0 Å². The van der Waals surface area contributed by atoms with Crippen molar-refractivity contribution in [1.82, 2.24) is 0 Å². The van der Waals surface area contributed by atoms with Crippen molar-refractivity contribution in [1.29, 1.82) is 0 Å². The van der Waals surface area contributed by atoms with Crippen LogP contribution in [-0.2, 0) is 9.53 Å². The molecule has 0 amide bonds. The lowest BCUT2D eigenvalue weighted by atomic mass is 9.47. The van der Waals surface area contributed by atoms with Crippen LogP contribution in [0.5, 0.6) is 0 Å². The maximum Gasteiger partial charge on any atom is 0.306 e. The Labute approximate surface area is 319 Å². The molecule has 2 nitrogen and oxygen atoms in total.